The number of aliphatic hydroxyl groups is 1. The Morgan fingerprint density at radius 1 is 0.851 bits per heavy atom. The van der Waals surface area contributed by atoms with Crippen molar-refractivity contribution in [2.24, 2.45) is 5.11 Å². The molecule has 0 radical (unpaired) electrons. The van der Waals surface area contributed by atoms with Crippen LogP contribution in [-0.2, 0) is 38.0 Å². The van der Waals surface area contributed by atoms with Crippen LogP contribution in [0.2, 0.25) is 0 Å². The third-order valence-corrected chi connectivity index (χ3v) is 5.96. The van der Waals surface area contributed by atoms with Gasteiger partial charge in [0.1, 0.15) is 0 Å². The Balaban J connectivity index is 1.88. The van der Waals surface area contributed by atoms with Gasteiger partial charge in [-0.25, -0.2) is 0 Å². The summed E-state index contributed by atoms with van der Waals surface area (Å²) in [4.78, 5) is 25.4. The number of nitrogens with zero attached hydrogens (tertiary/aromatic N) is 4. The zero-order chi connectivity index (χ0) is 34.4. The second kappa shape index (κ2) is 28.9. The van der Waals surface area contributed by atoms with Crippen LogP contribution in [-0.4, -0.2) is 135 Å². The monoisotopic (exact) mass is 675 g/mol. The van der Waals surface area contributed by atoms with Crippen LogP contribution >= 0.6 is 0 Å². The molecule has 1 aromatic carbocycles. The zero-order valence-electron chi connectivity index (χ0n) is 27.3. The van der Waals surface area contributed by atoms with Crippen LogP contribution in [0.4, 0.5) is 5.69 Å². The lowest BCUT2D eigenvalue weighted by Crippen LogP contribution is -2.27. The highest BCUT2D eigenvalue weighted by atomic mass is 16.6. The normalized spacial score (nSPS) is 11.6. The van der Waals surface area contributed by atoms with E-state index in [-0.39, 0.29) is 41.7 Å². The number of azide groups is 1. The maximum atomic E-state index is 12.0. The number of carbonyl (C=O) groups excluding carboxylic acids is 1. The molecular formula is C29H49N5O13. The molecule has 2 N–H and O–H groups in total. The number of nitro benzene ring substituents is 1. The molecule has 1 unspecified atom stereocenters. The molecule has 0 bridgehead atoms. The number of nitro groups is 1. The molecule has 0 aliphatic heterocycles. The molecule has 18 heteroatoms. The Kier molecular flexibility index (Phi) is 25.6. The molecule has 0 saturated heterocycles. The number of nitrogens with one attached hydrogen (secondary N) is 1. The van der Waals surface area contributed by atoms with E-state index in [2.05, 4.69) is 15.3 Å². The summed E-state index contributed by atoms with van der Waals surface area (Å²) in [5.74, 6) is 0.249. The standard InChI is InChI=1S/C29H49N5O13/c1-24(35)25-22-27(39-2)28(23-26(25)34(37)38)47-7-3-4-29(36)31-5-8-40-10-12-42-14-16-44-18-20-46-21-19-45-17-15-43-13-11-41-9-6-32-33-30/h22-24,35H,3-21H2,1-2H3,(H,31,36). The number of rotatable bonds is 32. The van der Waals surface area contributed by atoms with Gasteiger partial charge >= 0.3 is 0 Å². The van der Waals surface area contributed by atoms with Gasteiger partial charge in [-0.3, -0.25) is 14.9 Å². The third kappa shape index (κ3) is 22.0. The number of hydrogen-bond acceptors (Lipinski definition) is 14. The number of amides is 1. The maximum absolute atomic E-state index is 12.0. The Bertz CT molecular complexity index is 1030. The van der Waals surface area contributed by atoms with Gasteiger partial charge in [-0.15, -0.1) is 0 Å². The van der Waals surface area contributed by atoms with Gasteiger partial charge in [0.25, 0.3) is 5.69 Å². The first kappa shape index (κ1) is 41.7. The Morgan fingerprint density at radius 3 is 1.79 bits per heavy atom. The quantitative estimate of drug-likeness (QED) is 0.0280. The lowest BCUT2D eigenvalue weighted by Gasteiger charge is -2.14. The van der Waals surface area contributed by atoms with Gasteiger partial charge in [0.2, 0.25) is 5.91 Å². The van der Waals surface area contributed by atoms with Gasteiger partial charge in [-0.05, 0) is 24.9 Å². The molecule has 0 aromatic heterocycles. The second-order valence-electron chi connectivity index (χ2n) is 9.54. The summed E-state index contributed by atoms with van der Waals surface area (Å²) in [6.07, 6.45) is -0.459. The number of aliphatic hydroxyl groups excluding tert-OH is 1. The number of ether oxygens (including phenoxy) is 9. The smallest absolute Gasteiger partial charge is 0.279 e. The predicted molar refractivity (Wildman–Crippen MR) is 168 cm³/mol. The lowest BCUT2D eigenvalue weighted by molar-refractivity contribution is -0.386. The van der Waals surface area contributed by atoms with Crippen molar-refractivity contribution in [2.45, 2.75) is 25.9 Å². The minimum absolute atomic E-state index is 0.123. The molecule has 1 atom stereocenters. The predicted octanol–water partition coefficient (Wildman–Crippen LogP) is 2.36. The molecule has 1 rings (SSSR count). The SMILES string of the molecule is COc1cc(C(C)O)c([N+](=O)[O-])cc1OCCCC(=O)NCCOCCOCCOCCOCCOCCOCCOCCN=[N+]=[N-]. The number of hydrogen-bond donors (Lipinski definition) is 2. The van der Waals surface area contributed by atoms with E-state index in [4.69, 9.17) is 48.2 Å². The summed E-state index contributed by atoms with van der Waals surface area (Å²) >= 11 is 0. The van der Waals surface area contributed by atoms with Gasteiger partial charge in [0.05, 0.1) is 129 Å². The highest BCUT2D eigenvalue weighted by molar-refractivity contribution is 5.75. The summed E-state index contributed by atoms with van der Waals surface area (Å²) in [5, 5.41) is 27.3. The summed E-state index contributed by atoms with van der Waals surface area (Å²) < 4.78 is 48.5. The summed E-state index contributed by atoms with van der Waals surface area (Å²) in [6, 6.07) is 2.59. The van der Waals surface area contributed by atoms with Crippen LogP contribution in [0, 0.1) is 10.1 Å². The molecular weight excluding hydrogens is 626 g/mol. The van der Waals surface area contributed by atoms with Crippen molar-refractivity contribution in [2.75, 3.05) is 119 Å². The first-order valence-corrected chi connectivity index (χ1v) is 15.4. The van der Waals surface area contributed by atoms with Gasteiger partial charge in [-0.2, -0.15) is 0 Å². The van der Waals surface area contributed by atoms with Crippen LogP contribution in [0.1, 0.15) is 31.4 Å². The average molecular weight is 676 g/mol. The summed E-state index contributed by atoms with van der Waals surface area (Å²) in [7, 11) is 1.40. The van der Waals surface area contributed by atoms with Crippen LogP contribution in [0.5, 0.6) is 11.5 Å². The minimum atomic E-state index is -1.05. The third-order valence-electron chi connectivity index (χ3n) is 5.96. The highest BCUT2D eigenvalue weighted by Crippen LogP contribution is 2.37. The fraction of sp³-hybridized carbons (Fsp3) is 0.759. The maximum Gasteiger partial charge on any atom is 0.279 e. The zero-order valence-corrected chi connectivity index (χ0v) is 27.3. The summed E-state index contributed by atoms with van der Waals surface area (Å²) in [6.45, 7) is 8.21. The topological polar surface area (TPSA) is 224 Å². The van der Waals surface area contributed by atoms with Crippen molar-refractivity contribution < 1.29 is 57.5 Å². The van der Waals surface area contributed by atoms with Gasteiger partial charge in [0.15, 0.2) is 11.5 Å². The van der Waals surface area contributed by atoms with Crippen molar-refractivity contribution in [3.8, 4) is 11.5 Å². The number of methoxy groups -OCH3 is 1. The second-order valence-corrected chi connectivity index (χ2v) is 9.54. The van der Waals surface area contributed by atoms with E-state index >= 15 is 0 Å². The minimum Gasteiger partial charge on any atom is -0.493 e. The van der Waals surface area contributed by atoms with Gasteiger partial charge in [-0.1, -0.05) is 5.11 Å². The van der Waals surface area contributed by atoms with Crippen molar-refractivity contribution in [3.05, 3.63) is 38.3 Å². The first-order valence-electron chi connectivity index (χ1n) is 15.4. The van der Waals surface area contributed by atoms with E-state index in [0.29, 0.717) is 112 Å². The molecule has 0 saturated carbocycles. The molecule has 47 heavy (non-hydrogen) atoms. The fourth-order valence-electron chi connectivity index (χ4n) is 3.67. The Hall–Kier alpha value is -3.32. The number of benzene rings is 1. The van der Waals surface area contributed by atoms with E-state index in [1.807, 2.05) is 0 Å². The van der Waals surface area contributed by atoms with Crippen molar-refractivity contribution in [1.29, 1.82) is 0 Å². The molecule has 1 amide bonds. The molecule has 1 aromatic rings. The van der Waals surface area contributed by atoms with Crippen molar-refractivity contribution in [1.82, 2.24) is 5.32 Å². The molecule has 0 aliphatic rings. The van der Waals surface area contributed by atoms with Crippen LogP contribution in [0.15, 0.2) is 17.2 Å². The average Bonchev–Trinajstić information content (AvgIpc) is 3.06. The van der Waals surface area contributed by atoms with Gasteiger partial charge < -0.3 is 53.1 Å². The van der Waals surface area contributed by atoms with Crippen LogP contribution in [0.25, 0.3) is 10.4 Å². The first-order chi connectivity index (χ1) is 22.9. The Morgan fingerprint density at radius 2 is 1.34 bits per heavy atom. The van der Waals surface area contributed by atoms with Crippen molar-refractivity contribution in [3.63, 3.8) is 0 Å². The van der Waals surface area contributed by atoms with E-state index in [9.17, 15) is 20.0 Å². The van der Waals surface area contributed by atoms with E-state index in [1.54, 1.807) is 0 Å². The largest absolute Gasteiger partial charge is 0.493 e. The summed E-state index contributed by atoms with van der Waals surface area (Å²) in [5.41, 5.74) is 7.99. The Labute approximate surface area is 274 Å². The van der Waals surface area contributed by atoms with Crippen molar-refractivity contribution >= 4 is 11.6 Å². The van der Waals surface area contributed by atoms with E-state index in [1.165, 1.54) is 26.2 Å². The van der Waals surface area contributed by atoms with Crippen LogP contribution in [0.3, 0.4) is 0 Å². The van der Waals surface area contributed by atoms with E-state index < -0.39 is 11.0 Å². The van der Waals surface area contributed by atoms with Crippen LogP contribution < -0.4 is 14.8 Å². The van der Waals surface area contributed by atoms with E-state index in [0.717, 1.165) is 0 Å². The lowest BCUT2D eigenvalue weighted by atomic mass is 10.1. The highest BCUT2D eigenvalue weighted by Gasteiger charge is 2.22. The van der Waals surface area contributed by atoms with Gasteiger partial charge in [0, 0.05) is 24.4 Å². The molecule has 18 nitrogen and oxygen atoms in total. The number of carbonyl (C=O) groups is 1. The molecule has 0 spiro atoms. The molecule has 268 valence electrons. The molecule has 0 fully saturated rings. The molecule has 0 heterocycles. The molecule has 0 aliphatic carbocycles. The fourth-order valence-corrected chi connectivity index (χ4v) is 3.67.